The first-order valence-electron chi connectivity index (χ1n) is 8.51. The van der Waals surface area contributed by atoms with E-state index < -0.39 is 16.0 Å². The van der Waals surface area contributed by atoms with E-state index >= 15 is 0 Å². The van der Waals surface area contributed by atoms with Crippen LogP contribution in [0.1, 0.15) is 24.2 Å². The second kappa shape index (κ2) is 7.84. The number of esters is 1. The average Bonchev–Trinajstić information content (AvgIpc) is 2.66. The van der Waals surface area contributed by atoms with Crippen molar-refractivity contribution in [2.75, 3.05) is 23.3 Å². The number of methoxy groups -OCH3 is 1. The SMILES string of the molecule is COC(=O)c1ccc(NS(=O)(=O)c2ccc3c(c2)N(C(C)=O)CC(C)S3)cc1. The highest BCUT2D eigenvalue weighted by atomic mass is 32.2. The van der Waals surface area contributed by atoms with Gasteiger partial charge < -0.3 is 9.64 Å². The zero-order valence-electron chi connectivity index (χ0n) is 15.6. The van der Waals surface area contributed by atoms with Gasteiger partial charge in [0.15, 0.2) is 0 Å². The molecular weight excluding hydrogens is 400 g/mol. The van der Waals surface area contributed by atoms with E-state index in [0.717, 1.165) is 4.90 Å². The Morgan fingerprint density at radius 3 is 2.46 bits per heavy atom. The Balaban J connectivity index is 1.89. The van der Waals surface area contributed by atoms with E-state index in [1.807, 2.05) is 6.92 Å². The molecule has 0 saturated carbocycles. The number of anilines is 2. The number of hydrogen-bond acceptors (Lipinski definition) is 6. The normalized spacial score (nSPS) is 16.2. The molecule has 1 atom stereocenters. The fraction of sp³-hybridized carbons (Fsp3) is 0.263. The number of hydrogen-bond donors (Lipinski definition) is 1. The summed E-state index contributed by atoms with van der Waals surface area (Å²) in [4.78, 5) is 26.0. The number of nitrogens with zero attached hydrogens (tertiary/aromatic N) is 1. The first kappa shape index (κ1) is 20.2. The maximum Gasteiger partial charge on any atom is 0.337 e. The Kier molecular flexibility index (Phi) is 5.66. The third kappa shape index (κ3) is 4.15. The highest BCUT2D eigenvalue weighted by Crippen LogP contribution is 2.39. The van der Waals surface area contributed by atoms with Gasteiger partial charge in [-0.25, -0.2) is 13.2 Å². The number of rotatable bonds is 4. The molecule has 2 aromatic carbocycles. The van der Waals surface area contributed by atoms with Gasteiger partial charge in [0.25, 0.3) is 10.0 Å². The summed E-state index contributed by atoms with van der Waals surface area (Å²) in [7, 11) is -2.59. The van der Waals surface area contributed by atoms with Gasteiger partial charge in [-0.3, -0.25) is 9.52 Å². The zero-order chi connectivity index (χ0) is 20.5. The monoisotopic (exact) mass is 420 g/mol. The molecule has 0 aromatic heterocycles. The van der Waals surface area contributed by atoms with Crippen LogP contribution in [0.25, 0.3) is 0 Å². The molecule has 1 N–H and O–H groups in total. The van der Waals surface area contributed by atoms with Crippen molar-refractivity contribution >= 4 is 45.0 Å². The third-order valence-corrected chi connectivity index (χ3v) is 6.77. The van der Waals surface area contributed by atoms with Crippen LogP contribution in [0.5, 0.6) is 0 Å². The molecule has 1 unspecified atom stereocenters. The van der Waals surface area contributed by atoms with Crippen LogP contribution in [-0.2, 0) is 19.6 Å². The Bertz CT molecular complexity index is 1020. The van der Waals surface area contributed by atoms with Crippen LogP contribution >= 0.6 is 11.8 Å². The molecule has 0 aliphatic carbocycles. The van der Waals surface area contributed by atoms with Crippen LogP contribution in [0.3, 0.4) is 0 Å². The minimum absolute atomic E-state index is 0.0599. The summed E-state index contributed by atoms with van der Waals surface area (Å²) in [5.41, 5.74) is 1.23. The van der Waals surface area contributed by atoms with E-state index in [4.69, 9.17) is 0 Å². The predicted molar refractivity (Wildman–Crippen MR) is 108 cm³/mol. The Morgan fingerprint density at radius 1 is 1.18 bits per heavy atom. The lowest BCUT2D eigenvalue weighted by Crippen LogP contribution is -2.37. The van der Waals surface area contributed by atoms with Crippen LogP contribution in [0.4, 0.5) is 11.4 Å². The maximum atomic E-state index is 12.8. The average molecular weight is 421 g/mol. The fourth-order valence-corrected chi connectivity index (χ4v) is 5.06. The lowest BCUT2D eigenvalue weighted by atomic mass is 10.2. The van der Waals surface area contributed by atoms with Crippen molar-refractivity contribution < 1.29 is 22.7 Å². The first-order valence-corrected chi connectivity index (χ1v) is 10.9. The number of benzene rings is 2. The van der Waals surface area contributed by atoms with Crippen molar-refractivity contribution in [3.05, 3.63) is 48.0 Å². The van der Waals surface area contributed by atoms with Crippen molar-refractivity contribution in [3.63, 3.8) is 0 Å². The smallest absolute Gasteiger partial charge is 0.337 e. The molecule has 0 fully saturated rings. The summed E-state index contributed by atoms with van der Waals surface area (Å²) in [6.45, 7) is 4.02. The molecule has 0 saturated heterocycles. The van der Waals surface area contributed by atoms with Gasteiger partial charge in [-0.2, -0.15) is 0 Å². The number of carbonyl (C=O) groups is 2. The van der Waals surface area contributed by atoms with Crippen LogP contribution in [0, 0.1) is 0 Å². The van der Waals surface area contributed by atoms with Crippen LogP contribution < -0.4 is 9.62 Å². The van der Waals surface area contributed by atoms with Crippen LogP contribution in [-0.4, -0.2) is 39.2 Å². The lowest BCUT2D eigenvalue weighted by Gasteiger charge is -2.32. The van der Waals surface area contributed by atoms with Crippen LogP contribution in [0.2, 0.25) is 0 Å². The quantitative estimate of drug-likeness (QED) is 0.764. The first-order chi connectivity index (χ1) is 13.2. The van der Waals surface area contributed by atoms with E-state index in [-0.39, 0.29) is 16.1 Å². The van der Waals surface area contributed by atoms with Gasteiger partial charge >= 0.3 is 5.97 Å². The standard InChI is InChI=1S/C19H20N2O5S2/c1-12-11-21(13(2)22)17-10-16(8-9-18(17)27-12)28(24,25)20-15-6-4-14(5-7-15)19(23)26-3/h4-10,12,20H,11H2,1-3H3. The number of nitrogens with one attached hydrogen (secondary N) is 1. The van der Waals surface area contributed by atoms with Crippen molar-refractivity contribution in [3.8, 4) is 0 Å². The van der Waals surface area contributed by atoms with Crippen molar-refractivity contribution in [2.24, 2.45) is 0 Å². The molecule has 2 aromatic rings. The Hall–Kier alpha value is -2.52. The Morgan fingerprint density at radius 2 is 1.86 bits per heavy atom. The van der Waals surface area contributed by atoms with E-state index in [0.29, 0.717) is 23.5 Å². The number of amides is 1. The summed E-state index contributed by atoms with van der Waals surface area (Å²) < 4.78 is 32.7. The van der Waals surface area contributed by atoms with Crippen molar-refractivity contribution in [1.82, 2.24) is 0 Å². The topological polar surface area (TPSA) is 92.8 Å². The molecule has 0 bridgehead atoms. The molecule has 1 aliphatic rings. The number of sulfonamides is 1. The highest BCUT2D eigenvalue weighted by molar-refractivity contribution is 8.00. The number of fused-ring (bicyclic) bond motifs is 1. The van der Waals surface area contributed by atoms with Gasteiger partial charge in [-0.1, -0.05) is 6.92 Å². The minimum Gasteiger partial charge on any atom is -0.465 e. The summed E-state index contributed by atoms with van der Waals surface area (Å²) >= 11 is 1.61. The summed E-state index contributed by atoms with van der Waals surface area (Å²) in [5, 5.41) is 0.227. The van der Waals surface area contributed by atoms with E-state index in [1.54, 1.807) is 22.7 Å². The minimum atomic E-state index is -3.86. The molecule has 9 heteroatoms. The molecule has 148 valence electrons. The van der Waals surface area contributed by atoms with Gasteiger partial charge in [0.2, 0.25) is 5.91 Å². The van der Waals surface area contributed by atoms with Gasteiger partial charge in [-0.15, -0.1) is 11.8 Å². The molecule has 3 rings (SSSR count). The molecule has 1 aliphatic heterocycles. The second-order valence-electron chi connectivity index (χ2n) is 6.36. The summed E-state index contributed by atoms with van der Waals surface area (Å²) in [5.74, 6) is -0.630. The van der Waals surface area contributed by atoms with Gasteiger partial charge in [0, 0.05) is 29.3 Å². The molecule has 28 heavy (non-hydrogen) atoms. The molecular formula is C19H20N2O5S2. The molecule has 0 spiro atoms. The van der Waals surface area contributed by atoms with Crippen molar-refractivity contribution in [1.29, 1.82) is 0 Å². The number of ether oxygens (including phenoxy) is 1. The van der Waals surface area contributed by atoms with E-state index in [2.05, 4.69) is 9.46 Å². The number of thioether (sulfide) groups is 1. The van der Waals surface area contributed by atoms with Crippen LogP contribution in [0.15, 0.2) is 52.3 Å². The summed E-state index contributed by atoms with van der Waals surface area (Å²) in [6, 6.07) is 10.7. The predicted octanol–water partition coefficient (Wildman–Crippen LogP) is 3.12. The molecule has 7 nitrogen and oxygen atoms in total. The van der Waals surface area contributed by atoms with Gasteiger partial charge in [0.05, 0.1) is 23.3 Å². The lowest BCUT2D eigenvalue weighted by molar-refractivity contribution is -0.116. The zero-order valence-corrected chi connectivity index (χ0v) is 17.3. The third-order valence-electron chi connectivity index (χ3n) is 4.24. The van der Waals surface area contributed by atoms with Crippen molar-refractivity contribution in [2.45, 2.75) is 28.9 Å². The largest absolute Gasteiger partial charge is 0.465 e. The summed E-state index contributed by atoms with van der Waals surface area (Å²) in [6.07, 6.45) is 0. The number of carbonyl (C=O) groups excluding carboxylic acids is 2. The molecule has 0 radical (unpaired) electrons. The van der Waals surface area contributed by atoms with Gasteiger partial charge in [0.1, 0.15) is 0 Å². The van der Waals surface area contributed by atoms with E-state index in [9.17, 15) is 18.0 Å². The fourth-order valence-electron chi connectivity index (χ4n) is 2.89. The van der Waals surface area contributed by atoms with E-state index in [1.165, 1.54) is 50.4 Å². The maximum absolute atomic E-state index is 12.8. The highest BCUT2D eigenvalue weighted by Gasteiger charge is 2.27. The second-order valence-corrected chi connectivity index (χ2v) is 9.52. The van der Waals surface area contributed by atoms with Gasteiger partial charge in [-0.05, 0) is 42.5 Å². The molecule has 1 amide bonds. The molecule has 1 heterocycles. The Labute approximate surface area is 168 Å².